The van der Waals surface area contributed by atoms with Crippen LogP contribution in [0.3, 0.4) is 0 Å². The molecule has 4 nitrogen and oxygen atoms in total. The molecule has 0 saturated heterocycles. The highest BCUT2D eigenvalue weighted by atomic mass is 15.2. The summed E-state index contributed by atoms with van der Waals surface area (Å²) >= 11 is 0. The molecule has 1 atom stereocenters. The maximum Gasteiger partial charge on any atom is 0.0539 e. The van der Waals surface area contributed by atoms with Gasteiger partial charge < -0.3 is 10.3 Å². The maximum atomic E-state index is 6.37. The Kier molecular flexibility index (Phi) is 3.01. The lowest BCUT2D eigenvalue weighted by atomic mass is 9.74. The number of nitrogens with zero attached hydrogens (tertiary/aromatic N) is 3. The summed E-state index contributed by atoms with van der Waals surface area (Å²) in [6.45, 7) is 7.69. The molecule has 0 aromatic carbocycles. The number of rotatable bonds is 2. The molecule has 2 aromatic rings. The van der Waals surface area contributed by atoms with Crippen molar-refractivity contribution >= 4 is 0 Å². The van der Waals surface area contributed by atoms with E-state index in [9.17, 15) is 0 Å². The Hall–Kier alpha value is -1.55. The Morgan fingerprint density at radius 2 is 2.20 bits per heavy atom. The fourth-order valence-corrected chi connectivity index (χ4v) is 3.46. The van der Waals surface area contributed by atoms with Crippen molar-refractivity contribution in [1.29, 1.82) is 0 Å². The van der Waals surface area contributed by atoms with Crippen molar-refractivity contribution < 1.29 is 0 Å². The molecule has 108 valence electrons. The van der Waals surface area contributed by atoms with E-state index in [1.54, 1.807) is 0 Å². The largest absolute Gasteiger partial charge is 0.344 e. The fraction of sp³-hybridized carbons (Fsp3) is 0.562. The van der Waals surface area contributed by atoms with E-state index >= 15 is 0 Å². The van der Waals surface area contributed by atoms with Crippen LogP contribution in [-0.2, 0) is 20.0 Å². The van der Waals surface area contributed by atoms with Crippen LogP contribution < -0.4 is 5.73 Å². The third kappa shape index (κ3) is 2.29. The predicted octanol–water partition coefficient (Wildman–Crippen LogP) is 2.55. The van der Waals surface area contributed by atoms with Crippen LogP contribution in [-0.4, -0.2) is 14.3 Å². The van der Waals surface area contributed by atoms with Crippen molar-refractivity contribution in [3.8, 4) is 0 Å². The molecule has 3 rings (SSSR count). The first kappa shape index (κ1) is 13.4. The monoisotopic (exact) mass is 272 g/mol. The summed E-state index contributed by atoms with van der Waals surface area (Å²) in [5.74, 6) is 0. The fourth-order valence-electron chi connectivity index (χ4n) is 3.46. The standard InChI is InChI=1S/C16H24N4/c1-11-5-13-14(17)6-16(2,3)7-15(13)20(11)10-12-8-18-19(4)9-12/h5,8-9,14H,6-7,10,17H2,1-4H3. The van der Waals surface area contributed by atoms with Gasteiger partial charge in [0, 0.05) is 36.2 Å². The van der Waals surface area contributed by atoms with Gasteiger partial charge in [-0.2, -0.15) is 5.10 Å². The zero-order valence-electron chi connectivity index (χ0n) is 12.8. The summed E-state index contributed by atoms with van der Waals surface area (Å²) in [5.41, 5.74) is 11.9. The van der Waals surface area contributed by atoms with Crippen molar-refractivity contribution in [2.75, 3.05) is 0 Å². The molecule has 0 spiro atoms. The Morgan fingerprint density at radius 1 is 1.45 bits per heavy atom. The van der Waals surface area contributed by atoms with Gasteiger partial charge in [0.25, 0.3) is 0 Å². The second-order valence-electron chi connectivity index (χ2n) is 6.95. The highest BCUT2D eigenvalue weighted by Crippen LogP contribution is 2.41. The van der Waals surface area contributed by atoms with Crippen LogP contribution in [0.15, 0.2) is 18.5 Å². The molecule has 20 heavy (non-hydrogen) atoms. The molecule has 2 heterocycles. The Labute approximate surface area is 120 Å². The zero-order chi connectivity index (χ0) is 14.5. The Bertz CT molecular complexity index is 633. The molecular weight excluding hydrogens is 248 g/mol. The van der Waals surface area contributed by atoms with E-state index in [-0.39, 0.29) is 11.5 Å². The molecule has 0 radical (unpaired) electrons. The number of aromatic nitrogens is 3. The van der Waals surface area contributed by atoms with E-state index in [4.69, 9.17) is 5.73 Å². The molecule has 1 aliphatic carbocycles. The van der Waals surface area contributed by atoms with Gasteiger partial charge >= 0.3 is 0 Å². The third-order valence-electron chi connectivity index (χ3n) is 4.37. The molecule has 0 amide bonds. The Morgan fingerprint density at radius 3 is 2.85 bits per heavy atom. The summed E-state index contributed by atoms with van der Waals surface area (Å²) in [6, 6.07) is 2.44. The van der Waals surface area contributed by atoms with Gasteiger partial charge in [-0.25, -0.2) is 0 Å². The minimum atomic E-state index is 0.169. The SMILES string of the molecule is Cc1cc2c(n1Cc1cnn(C)c1)CC(C)(C)CC2N. The van der Waals surface area contributed by atoms with Crippen LogP contribution in [0.4, 0.5) is 0 Å². The molecule has 0 aliphatic heterocycles. The second-order valence-corrected chi connectivity index (χ2v) is 6.95. The lowest BCUT2D eigenvalue weighted by Crippen LogP contribution is -2.30. The number of nitrogens with two attached hydrogens (primary N) is 1. The second kappa shape index (κ2) is 4.48. The number of hydrogen-bond donors (Lipinski definition) is 1. The number of hydrogen-bond acceptors (Lipinski definition) is 2. The normalized spacial score (nSPS) is 20.9. The van der Waals surface area contributed by atoms with Crippen molar-refractivity contribution in [1.82, 2.24) is 14.3 Å². The minimum absolute atomic E-state index is 0.169. The van der Waals surface area contributed by atoms with Crippen molar-refractivity contribution in [3.63, 3.8) is 0 Å². The van der Waals surface area contributed by atoms with Gasteiger partial charge in [-0.05, 0) is 36.8 Å². The van der Waals surface area contributed by atoms with Crippen LogP contribution in [0, 0.1) is 12.3 Å². The first-order valence-corrected chi connectivity index (χ1v) is 7.28. The highest BCUT2D eigenvalue weighted by Gasteiger charge is 2.33. The Balaban J connectivity index is 2.00. The van der Waals surface area contributed by atoms with Crippen LogP contribution in [0.2, 0.25) is 0 Å². The van der Waals surface area contributed by atoms with Gasteiger partial charge in [0.2, 0.25) is 0 Å². The summed E-state index contributed by atoms with van der Waals surface area (Å²) in [4.78, 5) is 0. The van der Waals surface area contributed by atoms with E-state index in [0.29, 0.717) is 0 Å². The van der Waals surface area contributed by atoms with Crippen LogP contribution >= 0.6 is 0 Å². The van der Waals surface area contributed by atoms with E-state index in [1.807, 2.05) is 17.9 Å². The van der Waals surface area contributed by atoms with E-state index in [1.165, 1.54) is 22.5 Å². The molecule has 2 N–H and O–H groups in total. The van der Waals surface area contributed by atoms with Gasteiger partial charge in [-0.3, -0.25) is 4.68 Å². The molecule has 0 fully saturated rings. The van der Waals surface area contributed by atoms with Gasteiger partial charge in [0.15, 0.2) is 0 Å². The highest BCUT2D eigenvalue weighted by molar-refractivity contribution is 5.34. The summed E-state index contributed by atoms with van der Waals surface area (Å²) in [7, 11) is 1.96. The summed E-state index contributed by atoms with van der Waals surface area (Å²) in [6.07, 6.45) is 6.19. The lowest BCUT2D eigenvalue weighted by Gasteiger charge is -2.34. The lowest BCUT2D eigenvalue weighted by molar-refractivity contribution is 0.276. The topological polar surface area (TPSA) is 48.8 Å². The van der Waals surface area contributed by atoms with Crippen LogP contribution in [0.25, 0.3) is 0 Å². The van der Waals surface area contributed by atoms with Gasteiger partial charge in [0.1, 0.15) is 0 Å². The van der Waals surface area contributed by atoms with Crippen LogP contribution in [0.5, 0.6) is 0 Å². The average Bonchev–Trinajstić information content (AvgIpc) is 2.86. The zero-order valence-corrected chi connectivity index (χ0v) is 12.8. The van der Waals surface area contributed by atoms with Crippen LogP contribution in [0.1, 0.15) is 48.8 Å². The molecule has 1 unspecified atom stereocenters. The first-order chi connectivity index (χ1) is 9.35. The van der Waals surface area contributed by atoms with E-state index in [0.717, 1.165) is 19.4 Å². The molecule has 1 aliphatic rings. The summed E-state index contributed by atoms with van der Waals surface area (Å²) < 4.78 is 4.27. The van der Waals surface area contributed by atoms with Gasteiger partial charge in [-0.1, -0.05) is 13.8 Å². The number of fused-ring (bicyclic) bond motifs is 1. The minimum Gasteiger partial charge on any atom is -0.344 e. The molecule has 4 heteroatoms. The maximum absolute atomic E-state index is 6.37. The third-order valence-corrected chi connectivity index (χ3v) is 4.37. The van der Waals surface area contributed by atoms with E-state index in [2.05, 4.69) is 42.7 Å². The van der Waals surface area contributed by atoms with Gasteiger partial charge in [-0.15, -0.1) is 0 Å². The van der Waals surface area contributed by atoms with Crippen molar-refractivity contribution in [2.24, 2.45) is 18.2 Å². The first-order valence-electron chi connectivity index (χ1n) is 7.28. The molecular formula is C16H24N4. The predicted molar refractivity (Wildman–Crippen MR) is 80.5 cm³/mol. The quantitative estimate of drug-likeness (QED) is 0.913. The summed E-state index contributed by atoms with van der Waals surface area (Å²) in [5, 5.41) is 4.26. The van der Waals surface area contributed by atoms with Gasteiger partial charge in [0.05, 0.1) is 12.7 Å². The molecule has 0 bridgehead atoms. The van der Waals surface area contributed by atoms with Crippen molar-refractivity contribution in [2.45, 2.75) is 46.2 Å². The van der Waals surface area contributed by atoms with Crippen molar-refractivity contribution in [3.05, 3.63) is 41.0 Å². The average molecular weight is 272 g/mol. The number of aryl methyl sites for hydroxylation is 2. The van der Waals surface area contributed by atoms with E-state index < -0.39 is 0 Å². The molecule has 0 saturated carbocycles. The smallest absolute Gasteiger partial charge is 0.0539 e. The molecule has 2 aromatic heterocycles.